The minimum absolute atomic E-state index is 0.140. The third-order valence-electron chi connectivity index (χ3n) is 1.91. The van der Waals surface area contributed by atoms with Crippen LogP contribution >= 0.6 is 0 Å². The molecule has 1 nitrogen and oxygen atoms in total. The summed E-state index contributed by atoms with van der Waals surface area (Å²) in [5.41, 5.74) is -0.797. The van der Waals surface area contributed by atoms with E-state index in [0.29, 0.717) is 12.8 Å². The molecule has 0 spiro atoms. The Morgan fingerprint density at radius 1 is 1.12 bits per heavy atom. The number of terminal acetylenes is 1. The second-order valence-electron chi connectivity index (χ2n) is 3.08. The molecule has 0 aliphatic rings. The number of rotatable bonds is 4. The van der Waals surface area contributed by atoms with Gasteiger partial charge >= 0.3 is 0 Å². The second kappa shape index (κ2) is 5.40. The smallest absolute Gasteiger partial charge is 0.185 e. The lowest BCUT2D eigenvalue weighted by Gasteiger charge is -2.08. The Balaban J connectivity index is 2.83. The van der Waals surface area contributed by atoms with Gasteiger partial charge in [0.15, 0.2) is 23.3 Å². The van der Waals surface area contributed by atoms with Crippen LogP contribution in [0.4, 0.5) is 23.2 Å². The van der Waals surface area contributed by atoms with Gasteiger partial charge in [0.05, 0.1) is 0 Å². The van der Waals surface area contributed by atoms with E-state index in [0.717, 1.165) is 0 Å². The van der Waals surface area contributed by atoms with Crippen LogP contribution in [0.3, 0.4) is 0 Å². The van der Waals surface area contributed by atoms with Crippen LogP contribution in [0.25, 0.3) is 0 Å². The van der Waals surface area contributed by atoms with Gasteiger partial charge in [0, 0.05) is 19.0 Å². The number of halogens is 4. The molecule has 0 aliphatic carbocycles. The zero-order chi connectivity index (χ0) is 12.1. The Labute approximate surface area is 90.5 Å². The summed E-state index contributed by atoms with van der Waals surface area (Å²) in [6.45, 7) is 0.140. The Morgan fingerprint density at radius 3 is 2.19 bits per heavy atom. The first kappa shape index (κ1) is 12.4. The van der Waals surface area contributed by atoms with E-state index in [4.69, 9.17) is 6.42 Å². The molecule has 0 amide bonds. The van der Waals surface area contributed by atoms with Crippen LogP contribution in [0.15, 0.2) is 6.07 Å². The molecule has 1 aromatic rings. The van der Waals surface area contributed by atoms with E-state index in [1.807, 2.05) is 0 Å². The van der Waals surface area contributed by atoms with Gasteiger partial charge in [0.2, 0.25) is 0 Å². The molecule has 0 heterocycles. The zero-order valence-electron chi connectivity index (χ0n) is 8.29. The van der Waals surface area contributed by atoms with Crippen LogP contribution < -0.4 is 5.32 Å². The van der Waals surface area contributed by atoms with Crippen molar-refractivity contribution in [3.05, 3.63) is 29.3 Å². The predicted molar refractivity (Wildman–Crippen MR) is 52.8 cm³/mol. The molecule has 0 saturated carbocycles. The Bertz CT molecular complexity index is 397. The van der Waals surface area contributed by atoms with Crippen LogP contribution in [0.5, 0.6) is 0 Å². The molecule has 0 saturated heterocycles. The number of benzene rings is 1. The molecule has 0 aliphatic heterocycles. The molecule has 0 aromatic heterocycles. The van der Waals surface area contributed by atoms with Gasteiger partial charge in [-0.2, -0.15) is 0 Å². The van der Waals surface area contributed by atoms with Crippen molar-refractivity contribution in [3.63, 3.8) is 0 Å². The van der Waals surface area contributed by atoms with E-state index >= 15 is 0 Å². The summed E-state index contributed by atoms with van der Waals surface area (Å²) in [7, 11) is 0. The number of hydrogen-bond acceptors (Lipinski definition) is 1. The maximum absolute atomic E-state index is 13.1. The minimum atomic E-state index is -1.43. The highest BCUT2D eigenvalue weighted by Crippen LogP contribution is 2.23. The largest absolute Gasteiger partial charge is 0.380 e. The normalized spacial score (nSPS) is 9.94. The summed E-state index contributed by atoms with van der Waals surface area (Å²) >= 11 is 0. The fraction of sp³-hybridized carbons (Fsp3) is 0.273. The summed E-state index contributed by atoms with van der Waals surface area (Å²) in [5.74, 6) is -3.40. The Morgan fingerprint density at radius 2 is 1.69 bits per heavy atom. The van der Waals surface area contributed by atoms with Crippen molar-refractivity contribution in [1.29, 1.82) is 0 Å². The van der Waals surface area contributed by atoms with Crippen molar-refractivity contribution >= 4 is 5.69 Å². The average Bonchev–Trinajstić information content (AvgIpc) is 2.25. The van der Waals surface area contributed by atoms with E-state index in [2.05, 4.69) is 11.2 Å². The van der Waals surface area contributed by atoms with Crippen molar-refractivity contribution in [2.24, 2.45) is 0 Å². The van der Waals surface area contributed by atoms with Crippen molar-refractivity contribution in [3.8, 4) is 12.3 Å². The maximum atomic E-state index is 13.1. The third-order valence-corrected chi connectivity index (χ3v) is 1.91. The average molecular weight is 231 g/mol. The molecule has 1 rings (SSSR count). The van der Waals surface area contributed by atoms with E-state index in [9.17, 15) is 17.6 Å². The molecule has 0 atom stereocenters. The molecule has 1 N–H and O–H groups in total. The van der Waals surface area contributed by atoms with Crippen LogP contribution in [-0.2, 0) is 0 Å². The quantitative estimate of drug-likeness (QED) is 0.363. The van der Waals surface area contributed by atoms with Crippen LogP contribution in [0.1, 0.15) is 12.8 Å². The summed E-state index contributed by atoms with van der Waals surface area (Å²) in [4.78, 5) is 0. The van der Waals surface area contributed by atoms with Gasteiger partial charge in [0.25, 0.3) is 0 Å². The van der Waals surface area contributed by atoms with Crippen LogP contribution in [0, 0.1) is 35.6 Å². The molecule has 16 heavy (non-hydrogen) atoms. The van der Waals surface area contributed by atoms with Gasteiger partial charge in [-0.15, -0.1) is 12.3 Å². The number of hydrogen-bond donors (Lipinski definition) is 1. The molecule has 1 aromatic carbocycles. The fourth-order valence-electron chi connectivity index (χ4n) is 1.13. The minimum Gasteiger partial charge on any atom is -0.380 e. The number of nitrogens with one attached hydrogen (secondary N) is 1. The van der Waals surface area contributed by atoms with Crippen molar-refractivity contribution in [2.45, 2.75) is 12.8 Å². The molecule has 0 fully saturated rings. The molecule has 86 valence electrons. The molecule has 0 radical (unpaired) electrons. The van der Waals surface area contributed by atoms with Gasteiger partial charge < -0.3 is 5.32 Å². The van der Waals surface area contributed by atoms with E-state index in [1.165, 1.54) is 0 Å². The Hall–Kier alpha value is -1.70. The lowest BCUT2D eigenvalue weighted by Crippen LogP contribution is -2.08. The van der Waals surface area contributed by atoms with Gasteiger partial charge in [0.1, 0.15) is 5.69 Å². The summed E-state index contributed by atoms with van der Waals surface area (Å²) in [5, 5.41) is 2.27. The molecule has 5 heteroatoms. The first-order valence-corrected chi connectivity index (χ1v) is 4.58. The maximum Gasteiger partial charge on any atom is 0.185 e. The molecular formula is C11H9F4N. The van der Waals surface area contributed by atoms with Crippen LogP contribution in [-0.4, -0.2) is 6.54 Å². The second-order valence-corrected chi connectivity index (χ2v) is 3.08. The number of unbranched alkanes of at least 4 members (excludes halogenated alkanes) is 1. The van der Waals surface area contributed by atoms with Crippen molar-refractivity contribution in [1.82, 2.24) is 0 Å². The van der Waals surface area contributed by atoms with Crippen molar-refractivity contribution < 1.29 is 17.6 Å². The van der Waals surface area contributed by atoms with E-state index in [-0.39, 0.29) is 12.6 Å². The van der Waals surface area contributed by atoms with E-state index in [1.54, 1.807) is 0 Å². The van der Waals surface area contributed by atoms with Gasteiger partial charge in [-0.1, -0.05) is 0 Å². The topological polar surface area (TPSA) is 12.0 Å². The fourth-order valence-corrected chi connectivity index (χ4v) is 1.13. The first-order chi connectivity index (χ1) is 7.57. The first-order valence-electron chi connectivity index (χ1n) is 4.58. The zero-order valence-corrected chi connectivity index (χ0v) is 8.29. The highest BCUT2D eigenvalue weighted by Gasteiger charge is 2.18. The standard InChI is InChI=1S/C11H9F4N/c1-2-3-4-5-16-11-9(14)7(12)6-8(13)10(11)15/h1,6,16H,3-5H2. The predicted octanol–water partition coefficient (Wildman–Crippen LogP) is 3.07. The Kier molecular flexibility index (Phi) is 4.18. The summed E-state index contributed by atoms with van der Waals surface area (Å²) in [6.07, 6.45) is 5.83. The number of anilines is 1. The highest BCUT2D eigenvalue weighted by atomic mass is 19.2. The lowest BCUT2D eigenvalue weighted by molar-refractivity contribution is 0.458. The van der Waals surface area contributed by atoms with Gasteiger partial charge in [-0.25, -0.2) is 17.6 Å². The highest BCUT2D eigenvalue weighted by molar-refractivity contribution is 5.47. The van der Waals surface area contributed by atoms with Gasteiger partial charge in [-0.3, -0.25) is 0 Å². The van der Waals surface area contributed by atoms with Crippen LogP contribution in [0.2, 0.25) is 0 Å². The van der Waals surface area contributed by atoms with E-state index < -0.39 is 29.0 Å². The SMILES string of the molecule is C#CCCCNc1c(F)c(F)cc(F)c1F. The summed E-state index contributed by atoms with van der Waals surface area (Å²) < 4.78 is 51.6. The molecule has 0 unspecified atom stereocenters. The third kappa shape index (κ3) is 2.66. The lowest BCUT2D eigenvalue weighted by atomic mass is 10.2. The van der Waals surface area contributed by atoms with Crippen molar-refractivity contribution in [2.75, 3.05) is 11.9 Å². The molecular weight excluding hydrogens is 222 g/mol. The molecule has 0 bridgehead atoms. The van der Waals surface area contributed by atoms with Gasteiger partial charge in [-0.05, 0) is 6.42 Å². The summed E-state index contributed by atoms with van der Waals surface area (Å²) in [6, 6.07) is 0.164. The monoisotopic (exact) mass is 231 g/mol.